The fourth-order valence-electron chi connectivity index (χ4n) is 1.59. The Morgan fingerprint density at radius 3 is 2.60 bits per heavy atom. The van der Waals surface area contributed by atoms with E-state index in [1.807, 2.05) is 0 Å². The molecule has 0 spiro atoms. The second-order valence-corrected chi connectivity index (χ2v) is 3.42. The molecule has 5 heteroatoms. The summed E-state index contributed by atoms with van der Waals surface area (Å²) in [5, 5.41) is 0. The molecule has 0 radical (unpaired) electrons. The van der Waals surface area contributed by atoms with E-state index in [4.69, 9.17) is 4.42 Å². The van der Waals surface area contributed by atoms with Crippen molar-refractivity contribution < 1.29 is 18.8 Å². The van der Waals surface area contributed by atoms with Gasteiger partial charge in [-0.1, -0.05) is 0 Å². The molecule has 0 bridgehead atoms. The third-order valence-electron chi connectivity index (χ3n) is 2.62. The molecule has 0 aliphatic heterocycles. The molecule has 2 rings (SSSR count). The number of rotatable bonds is 1. The first-order valence-electron chi connectivity index (χ1n) is 4.41. The predicted molar refractivity (Wildman–Crippen MR) is 54.6 cm³/mol. The molecule has 0 atom stereocenters. The van der Waals surface area contributed by atoms with Gasteiger partial charge >= 0.3 is 0 Å². The first-order chi connectivity index (χ1) is 7.07. The van der Waals surface area contributed by atoms with Gasteiger partial charge in [-0.2, -0.15) is 0 Å². The van der Waals surface area contributed by atoms with E-state index in [0.29, 0.717) is 23.1 Å². The van der Waals surface area contributed by atoms with Crippen LogP contribution in [0.2, 0.25) is 0 Å². The minimum absolute atomic E-state index is 0.0955. The van der Waals surface area contributed by atoms with Crippen molar-refractivity contribution >= 4 is 31.3 Å². The fraction of sp³-hybridized carbons (Fsp3) is 0.100. The SMILES string of the molecule is BC1=C(C)c2occ(C=O)c2C(=O)C1=O. The van der Waals surface area contributed by atoms with Crippen molar-refractivity contribution in [2.45, 2.75) is 6.92 Å². The van der Waals surface area contributed by atoms with E-state index in [1.165, 1.54) is 6.26 Å². The zero-order chi connectivity index (χ0) is 11.2. The molecule has 1 heterocycles. The maximum atomic E-state index is 11.6. The van der Waals surface area contributed by atoms with Gasteiger partial charge in [-0.25, -0.2) is 0 Å². The van der Waals surface area contributed by atoms with Gasteiger partial charge in [0.25, 0.3) is 0 Å². The second-order valence-electron chi connectivity index (χ2n) is 3.42. The molecule has 0 unspecified atom stereocenters. The van der Waals surface area contributed by atoms with Gasteiger partial charge in [0.15, 0.2) is 6.29 Å². The summed E-state index contributed by atoms with van der Waals surface area (Å²) >= 11 is 0. The fourth-order valence-corrected chi connectivity index (χ4v) is 1.59. The highest BCUT2D eigenvalue weighted by atomic mass is 16.3. The quantitative estimate of drug-likeness (QED) is 0.371. The summed E-state index contributed by atoms with van der Waals surface area (Å²) in [5.74, 6) is -0.896. The van der Waals surface area contributed by atoms with Gasteiger partial charge in [0.05, 0.1) is 11.1 Å². The predicted octanol–water partition coefficient (Wildman–Crippen LogP) is 0.222. The number of ketones is 2. The van der Waals surface area contributed by atoms with E-state index >= 15 is 0 Å². The van der Waals surface area contributed by atoms with E-state index < -0.39 is 11.6 Å². The van der Waals surface area contributed by atoms with Crippen molar-refractivity contribution in [3.8, 4) is 0 Å². The first kappa shape index (κ1) is 9.64. The Labute approximate surface area is 86.4 Å². The van der Waals surface area contributed by atoms with Crippen LogP contribution in [0.25, 0.3) is 5.57 Å². The van der Waals surface area contributed by atoms with Gasteiger partial charge in [-0.15, -0.1) is 0 Å². The summed E-state index contributed by atoms with van der Waals surface area (Å²) in [6.07, 6.45) is 1.71. The van der Waals surface area contributed by atoms with Crippen molar-refractivity contribution in [2.24, 2.45) is 0 Å². The molecule has 0 aromatic carbocycles. The van der Waals surface area contributed by atoms with Crippen LogP contribution in [0, 0.1) is 0 Å². The standard InChI is InChI=1S/C10H7BO4/c1-4-7(11)9(14)8(13)6-5(2-12)3-15-10(4)6/h2-3H,11H2,1H3. The smallest absolute Gasteiger partial charge is 0.236 e. The number of fused-ring (bicyclic) bond motifs is 1. The Morgan fingerprint density at radius 2 is 2.00 bits per heavy atom. The molecular weight excluding hydrogens is 195 g/mol. The Morgan fingerprint density at radius 1 is 1.33 bits per heavy atom. The highest BCUT2D eigenvalue weighted by molar-refractivity contribution is 6.62. The molecule has 4 nitrogen and oxygen atoms in total. The molecule has 74 valence electrons. The Balaban J connectivity index is 2.80. The van der Waals surface area contributed by atoms with E-state index in [-0.39, 0.29) is 11.1 Å². The summed E-state index contributed by atoms with van der Waals surface area (Å²) in [5.41, 5.74) is 1.22. The minimum Gasteiger partial charge on any atom is -0.463 e. The van der Waals surface area contributed by atoms with Crippen molar-refractivity contribution in [3.63, 3.8) is 0 Å². The lowest BCUT2D eigenvalue weighted by Crippen LogP contribution is -2.23. The van der Waals surface area contributed by atoms with Crippen molar-refractivity contribution in [2.75, 3.05) is 0 Å². The molecule has 1 aliphatic carbocycles. The topological polar surface area (TPSA) is 64.3 Å². The lowest BCUT2D eigenvalue weighted by atomic mass is 9.78. The average Bonchev–Trinajstić information content (AvgIpc) is 2.67. The molecule has 1 aromatic rings. The molecule has 0 saturated heterocycles. The minimum atomic E-state index is -0.663. The molecule has 0 fully saturated rings. The van der Waals surface area contributed by atoms with E-state index in [0.717, 1.165) is 0 Å². The van der Waals surface area contributed by atoms with Crippen LogP contribution < -0.4 is 0 Å². The van der Waals surface area contributed by atoms with Crippen LogP contribution in [0.3, 0.4) is 0 Å². The third-order valence-corrected chi connectivity index (χ3v) is 2.62. The summed E-state index contributed by atoms with van der Waals surface area (Å²) in [6, 6.07) is 0. The van der Waals surface area contributed by atoms with E-state index in [9.17, 15) is 14.4 Å². The number of carbonyl (C=O) groups is 3. The van der Waals surface area contributed by atoms with Gasteiger partial charge in [-0.3, -0.25) is 14.4 Å². The highest BCUT2D eigenvalue weighted by Gasteiger charge is 2.33. The van der Waals surface area contributed by atoms with Gasteiger partial charge in [0.1, 0.15) is 19.9 Å². The normalized spacial score (nSPS) is 15.5. The Bertz CT molecular complexity index is 522. The first-order valence-corrected chi connectivity index (χ1v) is 4.41. The molecule has 15 heavy (non-hydrogen) atoms. The Hall–Kier alpha value is -1.91. The maximum Gasteiger partial charge on any atom is 0.236 e. The second kappa shape index (κ2) is 3.05. The zero-order valence-corrected chi connectivity index (χ0v) is 8.29. The van der Waals surface area contributed by atoms with Crippen molar-refractivity contribution in [1.29, 1.82) is 0 Å². The number of Topliss-reactive ketones (excluding diaryl/α,β-unsaturated/α-hetero) is 2. The number of allylic oxidation sites excluding steroid dienone is 2. The van der Waals surface area contributed by atoms with Crippen molar-refractivity contribution in [1.82, 2.24) is 0 Å². The zero-order valence-electron chi connectivity index (χ0n) is 8.29. The van der Waals surface area contributed by atoms with Crippen LogP contribution in [0.1, 0.15) is 33.4 Å². The third kappa shape index (κ3) is 1.13. The van der Waals surface area contributed by atoms with Crippen molar-refractivity contribution in [3.05, 3.63) is 28.6 Å². The molecule has 0 amide bonds. The number of furan rings is 1. The van der Waals surface area contributed by atoms with Crippen LogP contribution in [0.5, 0.6) is 0 Å². The van der Waals surface area contributed by atoms with E-state index in [2.05, 4.69) is 0 Å². The summed E-state index contributed by atoms with van der Waals surface area (Å²) in [7, 11) is 1.57. The monoisotopic (exact) mass is 202 g/mol. The van der Waals surface area contributed by atoms with Crippen LogP contribution in [-0.2, 0) is 4.79 Å². The molecule has 0 N–H and O–H groups in total. The highest BCUT2D eigenvalue weighted by Crippen LogP contribution is 2.30. The van der Waals surface area contributed by atoms with Gasteiger partial charge < -0.3 is 4.42 Å². The Kier molecular flexibility index (Phi) is 1.96. The molecule has 0 saturated carbocycles. The van der Waals surface area contributed by atoms with Gasteiger partial charge in [0.2, 0.25) is 11.6 Å². The maximum absolute atomic E-state index is 11.6. The lowest BCUT2D eigenvalue weighted by molar-refractivity contribution is -0.111. The lowest BCUT2D eigenvalue weighted by Gasteiger charge is -2.11. The van der Waals surface area contributed by atoms with Crippen LogP contribution in [0.4, 0.5) is 0 Å². The van der Waals surface area contributed by atoms with Crippen LogP contribution in [0.15, 0.2) is 16.2 Å². The number of hydrogen-bond acceptors (Lipinski definition) is 4. The largest absolute Gasteiger partial charge is 0.463 e. The summed E-state index contributed by atoms with van der Waals surface area (Å²) < 4.78 is 5.12. The molecule has 1 aromatic heterocycles. The summed E-state index contributed by atoms with van der Waals surface area (Å²) in [6.45, 7) is 1.69. The molecule has 1 aliphatic rings. The average molecular weight is 202 g/mol. The van der Waals surface area contributed by atoms with Crippen LogP contribution >= 0.6 is 0 Å². The van der Waals surface area contributed by atoms with Gasteiger partial charge in [0, 0.05) is 0 Å². The number of carbonyl (C=O) groups excluding carboxylic acids is 3. The van der Waals surface area contributed by atoms with Gasteiger partial charge in [-0.05, 0) is 18.0 Å². The van der Waals surface area contributed by atoms with Crippen LogP contribution in [-0.4, -0.2) is 25.7 Å². The molecular formula is C10H7BO4. The number of hydrogen-bond donors (Lipinski definition) is 0. The summed E-state index contributed by atoms with van der Waals surface area (Å²) in [4.78, 5) is 33.8. The van der Waals surface area contributed by atoms with E-state index in [1.54, 1.807) is 14.8 Å². The number of aldehydes is 1.